The number of ether oxygens (including phenoxy) is 1. The van der Waals surface area contributed by atoms with Crippen LogP contribution in [0.15, 0.2) is 42.5 Å². The van der Waals surface area contributed by atoms with Gasteiger partial charge in [0, 0.05) is 33.6 Å². The van der Waals surface area contributed by atoms with Gasteiger partial charge in [-0.15, -0.1) is 12.0 Å². The lowest BCUT2D eigenvalue weighted by molar-refractivity contribution is -0.153. The Hall–Kier alpha value is -3.45. The Balaban J connectivity index is 1.97. The number of carbonyl (C=O) groups is 2. The number of halogens is 1. The number of benzene rings is 2. The van der Waals surface area contributed by atoms with E-state index in [1.165, 1.54) is 7.11 Å². The van der Waals surface area contributed by atoms with Gasteiger partial charge in [0.1, 0.15) is 14.1 Å². The number of methoxy groups -OCH3 is 1. The number of terminal acetylenes is 1. The van der Waals surface area contributed by atoms with Crippen molar-refractivity contribution in [1.29, 1.82) is 0 Å². The first kappa shape index (κ1) is 23.7. The highest BCUT2D eigenvalue weighted by Gasteiger charge is 2.43. The van der Waals surface area contributed by atoms with Crippen molar-refractivity contribution in [3.63, 3.8) is 0 Å². The highest BCUT2D eigenvalue weighted by Crippen LogP contribution is 2.41. The van der Waals surface area contributed by atoms with Gasteiger partial charge < -0.3 is 14.6 Å². The van der Waals surface area contributed by atoms with Gasteiger partial charge in [-0.1, -0.05) is 49.3 Å². The number of rotatable bonds is 2. The van der Waals surface area contributed by atoms with Crippen molar-refractivity contribution in [2.24, 2.45) is 0 Å². The molecule has 4 rings (SSSR count). The number of nitrogens with zero attached hydrogens (tertiary/aromatic N) is 1. The molecule has 0 bridgehead atoms. The van der Waals surface area contributed by atoms with E-state index in [0.717, 1.165) is 33.3 Å². The molecule has 1 amide bonds. The second-order valence-electron chi connectivity index (χ2n) is 9.33. The van der Waals surface area contributed by atoms with E-state index in [4.69, 9.17) is 22.8 Å². The van der Waals surface area contributed by atoms with Crippen LogP contribution < -0.4 is 0 Å². The zero-order valence-corrected chi connectivity index (χ0v) is 21.3. The number of carbonyl (C=O) groups excluding carboxylic acids is 2. The number of aromatic nitrogens is 1. The van der Waals surface area contributed by atoms with Gasteiger partial charge in [-0.05, 0) is 47.4 Å². The maximum Gasteiger partial charge on any atom is 0.328 e. The summed E-state index contributed by atoms with van der Waals surface area (Å²) in [5.41, 5.74) is 7.32. The standard InChI is InChI=1S/C27H25ClN2O3Si/c1-6-17-7-9-18(10-8-17)26-25-21(20-15-19(28)11-12-22(20)29-25)16-23(27(32)33-2)30(26)24(31)13-14-34(3,4)5/h1,7-12,15,23,26,29H,16H2,2-5H3/t23-,26-/m1/s1. The number of hydrogen-bond donors (Lipinski definition) is 1. The minimum absolute atomic E-state index is 0.293. The average Bonchev–Trinajstić information content (AvgIpc) is 3.17. The lowest BCUT2D eigenvalue weighted by atomic mass is 9.87. The summed E-state index contributed by atoms with van der Waals surface area (Å²) in [4.78, 5) is 31.6. The summed E-state index contributed by atoms with van der Waals surface area (Å²) in [7, 11) is -0.498. The molecule has 172 valence electrons. The predicted octanol–water partition coefficient (Wildman–Crippen LogP) is 4.70. The highest BCUT2D eigenvalue weighted by atomic mass is 35.5. The molecule has 1 aromatic heterocycles. The minimum atomic E-state index is -1.83. The van der Waals surface area contributed by atoms with Crippen LogP contribution in [0.25, 0.3) is 10.9 Å². The lowest BCUT2D eigenvalue weighted by Crippen LogP contribution is -2.51. The lowest BCUT2D eigenvalue weighted by Gasteiger charge is -2.40. The van der Waals surface area contributed by atoms with Gasteiger partial charge in [0.15, 0.2) is 0 Å². The number of amides is 1. The van der Waals surface area contributed by atoms with Gasteiger partial charge in [-0.3, -0.25) is 4.79 Å². The number of H-pyrrole nitrogens is 1. The monoisotopic (exact) mass is 488 g/mol. The Morgan fingerprint density at radius 1 is 1.18 bits per heavy atom. The van der Waals surface area contributed by atoms with Gasteiger partial charge in [0.2, 0.25) is 0 Å². The highest BCUT2D eigenvalue weighted by molar-refractivity contribution is 6.84. The molecule has 0 aliphatic carbocycles. The zero-order chi connectivity index (χ0) is 24.6. The van der Waals surface area contributed by atoms with Gasteiger partial charge in [0.25, 0.3) is 5.91 Å². The Morgan fingerprint density at radius 2 is 1.88 bits per heavy atom. The molecule has 1 aliphatic rings. The van der Waals surface area contributed by atoms with Crippen LogP contribution in [-0.4, -0.2) is 43.0 Å². The number of esters is 1. The smallest absolute Gasteiger partial charge is 0.328 e. The topological polar surface area (TPSA) is 62.4 Å². The molecule has 0 fully saturated rings. The summed E-state index contributed by atoms with van der Waals surface area (Å²) >= 11 is 6.29. The number of nitrogens with one attached hydrogen (secondary N) is 1. The molecule has 3 aromatic rings. The zero-order valence-electron chi connectivity index (χ0n) is 19.5. The fraction of sp³-hybridized carbons (Fsp3) is 0.259. The van der Waals surface area contributed by atoms with Crippen LogP contribution in [0, 0.1) is 23.8 Å². The maximum atomic E-state index is 13.6. The maximum absolute atomic E-state index is 13.6. The molecule has 0 saturated heterocycles. The average molecular weight is 489 g/mol. The quantitative estimate of drug-likeness (QED) is 0.323. The number of fused-ring (bicyclic) bond motifs is 3. The first-order chi connectivity index (χ1) is 16.1. The van der Waals surface area contributed by atoms with Crippen LogP contribution in [0.5, 0.6) is 0 Å². The largest absolute Gasteiger partial charge is 0.467 e. The second-order valence-corrected chi connectivity index (χ2v) is 14.5. The third kappa shape index (κ3) is 4.48. The van der Waals surface area contributed by atoms with Crippen molar-refractivity contribution in [1.82, 2.24) is 9.88 Å². The van der Waals surface area contributed by atoms with E-state index in [2.05, 4.69) is 42.0 Å². The van der Waals surface area contributed by atoms with Crippen molar-refractivity contribution < 1.29 is 14.3 Å². The van der Waals surface area contributed by atoms with E-state index in [1.54, 1.807) is 4.90 Å². The molecule has 2 heterocycles. The molecule has 5 nitrogen and oxygen atoms in total. The molecule has 0 saturated carbocycles. The molecule has 1 N–H and O–H groups in total. The van der Waals surface area contributed by atoms with Crippen molar-refractivity contribution in [3.8, 4) is 23.8 Å². The molecule has 0 unspecified atom stereocenters. The van der Waals surface area contributed by atoms with Gasteiger partial charge >= 0.3 is 5.97 Å². The second kappa shape index (κ2) is 9.06. The Morgan fingerprint density at radius 3 is 2.50 bits per heavy atom. The van der Waals surface area contributed by atoms with Crippen molar-refractivity contribution in [2.45, 2.75) is 38.1 Å². The summed E-state index contributed by atoms with van der Waals surface area (Å²) in [5, 5.41) is 1.51. The molecule has 0 spiro atoms. The molecular weight excluding hydrogens is 464 g/mol. The van der Waals surface area contributed by atoms with E-state index < -0.39 is 32.0 Å². The fourth-order valence-electron chi connectivity index (χ4n) is 4.29. The molecular formula is C27H25ClN2O3Si. The van der Waals surface area contributed by atoms with Crippen LogP contribution in [0.1, 0.15) is 28.4 Å². The van der Waals surface area contributed by atoms with Crippen LogP contribution in [-0.2, 0) is 20.7 Å². The number of hydrogen-bond acceptors (Lipinski definition) is 3. The summed E-state index contributed by atoms with van der Waals surface area (Å²) < 4.78 is 5.13. The van der Waals surface area contributed by atoms with Crippen LogP contribution >= 0.6 is 11.6 Å². The summed E-state index contributed by atoms with van der Waals surface area (Å²) in [6, 6.07) is 11.6. The van der Waals surface area contributed by atoms with Crippen LogP contribution in [0.3, 0.4) is 0 Å². The van der Waals surface area contributed by atoms with Crippen molar-refractivity contribution in [3.05, 3.63) is 69.9 Å². The summed E-state index contributed by atoms with van der Waals surface area (Å²) in [6.45, 7) is 6.20. The molecule has 1 aliphatic heterocycles. The van der Waals surface area contributed by atoms with Gasteiger partial charge in [-0.2, -0.15) is 0 Å². The Kier molecular flexibility index (Phi) is 6.32. The van der Waals surface area contributed by atoms with E-state index in [1.807, 2.05) is 42.5 Å². The summed E-state index contributed by atoms with van der Waals surface area (Å²) in [6.07, 6.45) is 5.84. The summed E-state index contributed by atoms with van der Waals surface area (Å²) in [5.74, 6) is 4.54. The molecule has 2 atom stereocenters. The van der Waals surface area contributed by atoms with Crippen LogP contribution in [0.2, 0.25) is 24.7 Å². The van der Waals surface area contributed by atoms with Crippen molar-refractivity contribution in [2.75, 3.05) is 7.11 Å². The van der Waals surface area contributed by atoms with Gasteiger partial charge in [0.05, 0.1) is 13.2 Å². The molecule has 0 radical (unpaired) electrons. The normalized spacial score (nSPS) is 17.4. The molecule has 2 aromatic carbocycles. The molecule has 34 heavy (non-hydrogen) atoms. The van der Waals surface area contributed by atoms with Crippen molar-refractivity contribution >= 4 is 42.5 Å². The third-order valence-electron chi connectivity index (χ3n) is 5.83. The van der Waals surface area contributed by atoms with Gasteiger partial charge in [-0.25, -0.2) is 4.79 Å². The Bertz CT molecular complexity index is 1380. The van der Waals surface area contributed by atoms with E-state index in [9.17, 15) is 9.59 Å². The SMILES string of the molecule is C#Cc1ccc([C@@H]2c3[nH]c4ccc(Cl)cc4c3C[C@H](C(=O)OC)N2C(=O)C#C[Si](C)(C)C)cc1. The minimum Gasteiger partial charge on any atom is -0.467 e. The third-order valence-corrected chi connectivity index (χ3v) is 6.94. The predicted molar refractivity (Wildman–Crippen MR) is 137 cm³/mol. The Labute approximate surface area is 205 Å². The molecule has 7 heteroatoms. The van der Waals surface area contributed by atoms with Crippen LogP contribution in [0.4, 0.5) is 0 Å². The van der Waals surface area contributed by atoms with E-state index in [-0.39, 0.29) is 0 Å². The van der Waals surface area contributed by atoms with E-state index in [0.29, 0.717) is 11.4 Å². The first-order valence-electron chi connectivity index (χ1n) is 10.9. The number of aromatic amines is 1. The van der Waals surface area contributed by atoms with E-state index >= 15 is 0 Å². The first-order valence-corrected chi connectivity index (χ1v) is 14.8. The fourth-order valence-corrected chi connectivity index (χ4v) is 4.94.